The molecule has 1 atom stereocenters. The van der Waals surface area contributed by atoms with E-state index in [0.717, 1.165) is 11.3 Å². The molecule has 0 fully saturated rings. The van der Waals surface area contributed by atoms with E-state index in [1.54, 1.807) is 12.1 Å². The van der Waals surface area contributed by atoms with Crippen molar-refractivity contribution in [1.29, 1.82) is 5.26 Å². The van der Waals surface area contributed by atoms with Crippen molar-refractivity contribution in [1.82, 2.24) is 29.8 Å². The second-order valence-corrected chi connectivity index (χ2v) is 7.94. The monoisotopic (exact) mass is 428 g/mol. The molecule has 3 N–H and O–H groups in total. The molecule has 0 aromatic carbocycles. The molecule has 4 rings (SSSR count). The number of amides is 1. The Morgan fingerprint density at radius 1 is 1.41 bits per heavy atom. The number of aliphatic hydroxyl groups is 1. The van der Waals surface area contributed by atoms with E-state index in [9.17, 15) is 14.7 Å². The molecule has 0 spiro atoms. The van der Waals surface area contributed by atoms with Crippen molar-refractivity contribution >= 4 is 38.8 Å². The van der Waals surface area contributed by atoms with Gasteiger partial charge in [0.25, 0.3) is 5.56 Å². The summed E-state index contributed by atoms with van der Waals surface area (Å²) >= 11 is 2.35. The van der Waals surface area contributed by atoms with Crippen molar-refractivity contribution in [3.63, 3.8) is 0 Å². The van der Waals surface area contributed by atoms with Gasteiger partial charge in [0.1, 0.15) is 21.9 Å². The van der Waals surface area contributed by atoms with Gasteiger partial charge in [0, 0.05) is 10.3 Å². The first-order valence-electron chi connectivity index (χ1n) is 8.17. The summed E-state index contributed by atoms with van der Waals surface area (Å²) < 4.78 is 1.26. The highest BCUT2D eigenvalue weighted by molar-refractivity contribution is 7.17. The molecule has 29 heavy (non-hydrogen) atoms. The maximum Gasteiger partial charge on any atom is 0.263 e. The average molecular weight is 428 g/mol. The maximum atomic E-state index is 12.7. The smallest absolute Gasteiger partial charge is 0.263 e. The summed E-state index contributed by atoms with van der Waals surface area (Å²) in [7, 11) is 0. The van der Waals surface area contributed by atoms with E-state index in [-0.39, 0.29) is 29.9 Å². The zero-order valence-corrected chi connectivity index (χ0v) is 16.2. The van der Waals surface area contributed by atoms with Crippen LogP contribution in [0.5, 0.6) is 0 Å². The Hall–Kier alpha value is -3.47. The minimum absolute atomic E-state index is 0.0104. The number of nitrogens with zero attached hydrogens (tertiary/aromatic N) is 7. The second kappa shape index (κ2) is 7.51. The first-order chi connectivity index (χ1) is 14.0. The summed E-state index contributed by atoms with van der Waals surface area (Å²) in [5, 5.41) is 32.7. The second-order valence-electron chi connectivity index (χ2n) is 5.96. The normalized spacial score (nSPS) is 12.1. The van der Waals surface area contributed by atoms with E-state index < -0.39 is 17.6 Å². The molecular formula is C16H12N8O3S2. The Kier molecular flexibility index (Phi) is 4.89. The lowest BCUT2D eigenvalue weighted by Crippen LogP contribution is -2.23. The number of fused-ring (bicyclic) bond motifs is 1. The SMILES string of the molecule is N#Cc1ccc([C@@H](O)Cn2nnc(Cn3cnc4scc(C(N)=O)c4c3=O)n2)s1. The largest absolute Gasteiger partial charge is 0.386 e. The predicted molar refractivity (Wildman–Crippen MR) is 103 cm³/mol. The van der Waals surface area contributed by atoms with Gasteiger partial charge in [-0.2, -0.15) is 10.1 Å². The van der Waals surface area contributed by atoms with Gasteiger partial charge in [-0.1, -0.05) is 0 Å². The molecule has 4 aromatic heterocycles. The standard InChI is InChI=1S/C16H12N8O3S2/c17-3-8-1-2-11(29-8)10(25)4-24-21-12(20-22-24)5-23-7-19-15-13(16(23)27)9(6-28-15)14(18)26/h1-2,6-7,10,25H,4-5H2,(H2,18,26)/t10-/m0/s1. The van der Waals surface area contributed by atoms with Crippen LogP contribution in [-0.2, 0) is 13.1 Å². The third kappa shape index (κ3) is 3.63. The van der Waals surface area contributed by atoms with Crippen molar-refractivity contribution < 1.29 is 9.90 Å². The summed E-state index contributed by atoms with van der Waals surface area (Å²) in [6.45, 7) is 0.0322. The zero-order valence-electron chi connectivity index (χ0n) is 14.6. The summed E-state index contributed by atoms with van der Waals surface area (Å²) in [5.41, 5.74) is 5.02. The van der Waals surface area contributed by atoms with E-state index in [1.165, 1.54) is 32.4 Å². The van der Waals surface area contributed by atoms with E-state index in [2.05, 4.69) is 20.4 Å². The topological polar surface area (TPSA) is 166 Å². The quantitative estimate of drug-likeness (QED) is 0.441. The summed E-state index contributed by atoms with van der Waals surface area (Å²) in [5.74, 6) is -0.459. The highest BCUT2D eigenvalue weighted by Gasteiger charge is 2.17. The lowest BCUT2D eigenvalue weighted by atomic mass is 10.2. The molecule has 1 amide bonds. The highest BCUT2D eigenvalue weighted by Crippen LogP contribution is 2.23. The zero-order chi connectivity index (χ0) is 20.5. The van der Waals surface area contributed by atoms with Crippen LogP contribution in [0.3, 0.4) is 0 Å². The Morgan fingerprint density at radius 2 is 2.24 bits per heavy atom. The van der Waals surface area contributed by atoms with Gasteiger partial charge in [-0.15, -0.1) is 32.9 Å². The number of carbonyl (C=O) groups is 1. The number of carbonyl (C=O) groups excluding carboxylic acids is 1. The van der Waals surface area contributed by atoms with E-state index in [0.29, 0.717) is 14.6 Å². The van der Waals surface area contributed by atoms with Crippen molar-refractivity contribution in [2.45, 2.75) is 19.2 Å². The number of nitrogens with two attached hydrogens (primary N) is 1. The summed E-state index contributed by atoms with van der Waals surface area (Å²) in [6, 6.07) is 5.31. The van der Waals surface area contributed by atoms with Crippen LogP contribution in [0.15, 0.2) is 28.6 Å². The van der Waals surface area contributed by atoms with Gasteiger partial charge >= 0.3 is 0 Å². The van der Waals surface area contributed by atoms with Crippen LogP contribution in [-0.4, -0.2) is 40.8 Å². The molecule has 0 saturated heterocycles. The molecule has 0 unspecified atom stereocenters. The Morgan fingerprint density at radius 3 is 2.97 bits per heavy atom. The van der Waals surface area contributed by atoms with Crippen LogP contribution in [0.25, 0.3) is 10.2 Å². The number of aromatic nitrogens is 6. The van der Waals surface area contributed by atoms with Gasteiger partial charge < -0.3 is 10.8 Å². The van der Waals surface area contributed by atoms with Crippen molar-refractivity contribution in [3.8, 4) is 6.07 Å². The number of rotatable bonds is 6. The van der Waals surface area contributed by atoms with Crippen molar-refractivity contribution in [3.05, 3.63) is 55.3 Å². The fourth-order valence-corrected chi connectivity index (χ4v) is 4.34. The van der Waals surface area contributed by atoms with Crippen molar-refractivity contribution in [2.75, 3.05) is 0 Å². The fraction of sp³-hybridized carbons (Fsp3) is 0.188. The molecule has 146 valence electrons. The Bertz CT molecular complexity index is 1310. The van der Waals surface area contributed by atoms with Gasteiger partial charge in [0.15, 0.2) is 5.82 Å². The number of thiophene rings is 2. The van der Waals surface area contributed by atoms with E-state index in [4.69, 9.17) is 11.0 Å². The van der Waals surface area contributed by atoms with Crippen LogP contribution in [0.1, 0.15) is 32.0 Å². The highest BCUT2D eigenvalue weighted by atomic mass is 32.1. The number of hydrogen-bond donors (Lipinski definition) is 2. The third-order valence-electron chi connectivity index (χ3n) is 4.03. The van der Waals surface area contributed by atoms with Crippen LogP contribution in [0.4, 0.5) is 0 Å². The molecule has 0 bridgehead atoms. The molecule has 0 aliphatic carbocycles. The van der Waals surface area contributed by atoms with Crippen molar-refractivity contribution in [2.24, 2.45) is 5.73 Å². The Balaban J connectivity index is 1.54. The van der Waals surface area contributed by atoms with Crippen LogP contribution >= 0.6 is 22.7 Å². The number of primary amides is 1. The van der Waals surface area contributed by atoms with Gasteiger partial charge in [-0.25, -0.2) is 4.98 Å². The maximum absolute atomic E-state index is 12.7. The summed E-state index contributed by atoms with van der Waals surface area (Å²) in [6.07, 6.45) is 0.449. The molecule has 0 radical (unpaired) electrons. The van der Waals surface area contributed by atoms with E-state index in [1.807, 2.05) is 6.07 Å². The third-order valence-corrected chi connectivity index (χ3v) is 6.01. The molecule has 0 aliphatic rings. The molecule has 11 nitrogen and oxygen atoms in total. The molecule has 4 heterocycles. The van der Waals surface area contributed by atoms with Crippen LogP contribution in [0.2, 0.25) is 0 Å². The molecule has 0 aliphatic heterocycles. The lowest BCUT2D eigenvalue weighted by molar-refractivity contribution is 0.100. The first-order valence-corrected chi connectivity index (χ1v) is 9.87. The Labute approximate surface area is 170 Å². The van der Waals surface area contributed by atoms with E-state index >= 15 is 0 Å². The average Bonchev–Trinajstić information content (AvgIpc) is 3.43. The van der Waals surface area contributed by atoms with Crippen LogP contribution in [0, 0.1) is 11.3 Å². The first kappa shape index (κ1) is 18.9. The molecule has 0 saturated carbocycles. The van der Waals surface area contributed by atoms with Gasteiger partial charge in [-0.05, 0) is 17.3 Å². The minimum atomic E-state index is -0.895. The number of nitriles is 1. The van der Waals surface area contributed by atoms with Gasteiger partial charge in [-0.3, -0.25) is 14.2 Å². The number of hydrogen-bond acceptors (Lipinski definition) is 10. The van der Waals surface area contributed by atoms with Gasteiger partial charge in [0.2, 0.25) is 5.91 Å². The van der Waals surface area contributed by atoms with Gasteiger partial charge in [0.05, 0.1) is 30.4 Å². The predicted octanol–water partition coefficient (Wildman–Crippen LogP) is 0.258. The fourth-order valence-electron chi connectivity index (χ4n) is 2.67. The molecule has 13 heteroatoms. The minimum Gasteiger partial charge on any atom is -0.386 e. The summed E-state index contributed by atoms with van der Waals surface area (Å²) in [4.78, 5) is 31.1. The number of aliphatic hydroxyl groups excluding tert-OH is 1. The lowest BCUT2D eigenvalue weighted by Gasteiger charge is -2.06. The number of tetrazole rings is 1. The molecule has 4 aromatic rings. The van der Waals surface area contributed by atoms with Crippen LogP contribution < -0.4 is 11.3 Å². The molecular weight excluding hydrogens is 416 g/mol.